The number of rotatable bonds is 3. The lowest BCUT2D eigenvalue weighted by atomic mass is 10.3. The minimum atomic E-state index is 1.06. The summed E-state index contributed by atoms with van der Waals surface area (Å²) in [5.74, 6) is 1.10. The van der Waals surface area contributed by atoms with Crippen LogP contribution in [0.1, 0.15) is 19.2 Å². The molecule has 1 aromatic rings. The SMILES string of the molecule is CCCc1ncc(SC)[nH]1. The number of hydrogen-bond donors (Lipinski definition) is 1. The van der Waals surface area contributed by atoms with Crippen LogP contribution in [0, 0.1) is 0 Å². The van der Waals surface area contributed by atoms with E-state index in [1.54, 1.807) is 11.8 Å². The fourth-order valence-electron chi connectivity index (χ4n) is 0.811. The van der Waals surface area contributed by atoms with E-state index in [2.05, 4.69) is 16.9 Å². The molecule has 0 aliphatic carbocycles. The smallest absolute Gasteiger partial charge is 0.106 e. The van der Waals surface area contributed by atoms with Crippen LogP contribution in [0.15, 0.2) is 11.2 Å². The zero-order chi connectivity index (χ0) is 7.40. The maximum absolute atomic E-state index is 4.20. The Morgan fingerprint density at radius 3 is 3.00 bits per heavy atom. The van der Waals surface area contributed by atoms with Crippen molar-refractivity contribution in [2.45, 2.75) is 24.8 Å². The van der Waals surface area contributed by atoms with Crippen molar-refractivity contribution < 1.29 is 0 Å². The molecule has 3 heteroatoms. The Morgan fingerprint density at radius 2 is 2.50 bits per heavy atom. The molecule has 0 unspecified atom stereocenters. The van der Waals surface area contributed by atoms with E-state index in [1.807, 2.05) is 12.5 Å². The van der Waals surface area contributed by atoms with Crippen LogP contribution in [-0.4, -0.2) is 16.2 Å². The van der Waals surface area contributed by atoms with E-state index in [9.17, 15) is 0 Å². The molecule has 0 saturated carbocycles. The molecule has 0 atom stereocenters. The zero-order valence-corrected chi connectivity index (χ0v) is 7.16. The summed E-state index contributed by atoms with van der Waals surface area (Å²) in [4.78, 5) is 7.42. The molecular formula is C7H12N2S. The maximum atomic E-state index is 4.20. The standard InChI is InChI=1S/C7H12N2S/c1-3-4-6-8-5-7(9-6)10-2/h5H,3-4H2,1-2H3,(H,8,9). The van der Waals surface area contributed by atoms with E-state index in [4.69, 9.17) is 0 Å². The van der Waals surface area contributed by atoms with Gasteiger partial charge in [-0.3, -0.25) is 0 Å². The fraction of sp³-hybridized carbons (Fsp3) is 0.571. The molecule has 0 aliphatic rings. The molecule has 0 amide bonds. The summed E-state index contributed by atoms with van der Waals surface area (Å²) >= 11 is 1.70. The Kier molecular flexibility index (Phi) is 2.81. The fourth-order valence-corrected chi connectivity index (χ4v) is 1.19. The second-order valence-corrected chi connectivity index (χ2v) is 3.00. The zero-order valence-electron chi connectivity index (χ0n) is 6.35. The van der Waals surface area contributed by atoms with Crippen molar-refractivity contribution in [3.05, 3.63) is 12.0 Å². The van der Waals surface area contributed by atoms with Crippen LogP contribution in [0.5, 0.6) is 0 Å². The number of thioether (sulfide) groups is 1. The molecule has 56 valence electrons. The average molecular weight is 156 g/mol. The molecule has 0 saturated heterocycles. The molecule has 0 aliphatic heterocycles. The second kappa shape index (κ2) is 3.66. The van der Waals surface area contributed by atoms with Crippen molar-refractivity contribution in [1.29, 1.82) is 0 Å². The number of aromatic nitrogens is 2. The largest absolute Gasteiger partial charge is 0.337 e. The summed E-state index contributed by atoms with van der Waals surface area (Å²) in [7, 11) is 0. The predicted molar refractivity (Wildman–Crippen MR) is 44.4 cm³/mol. The first-order valence-electron chi connectivity index (χ1n) is 3.44. The molecule has 0 aromatic carbocycles. The van der Waals surface area contributed by atoms with E-state index in [0.717, 1.165) is 23.7 Å². The van der Waals surface area contributed by atoms with Crippen LogP contribution in [0.3, 0.4) is 0 Å². The van der Waals surface area contributed by atoms with Crippen LogP contribution in [0.2, 0.25) is 0 Å². The third-order valence-electron chi connectivity index (χ3n) is 1.31. The molecule has 0 radical (unpaired) electrons. The van der Waals surface area contributed by atoms with Gasteiger partial charge in [0.05, 0.1) is 11.2 Å². The second-order valence-electron chi connectivity index (χ2n) is 2.15. The Balaban J connectivity index is 2.59. The predicted octanol–water partition coefficient (Wildman–Crippen LogP) is 2.08. The molecule has 1 aromatic heterocycles. The van der Waals surface area contributed by atoms with Gasteiger partial charge in [-0.25, -0.2) is 4.98 Å². The average Bonchev–Trinajstić information content (AvgIpc) is 2.37. The number of H-pyrrole nitrogens is 1. The Bertz CT molecular complexity index is 195. The maximum Gasteiger partial charge on any atom is 0.106 e. The van der Waals surface area contributed by atoms with Crippen molar-refractivity contribution in [2.24, 2.45) is 0 Å². The lowest BCUT2D eigenvalue weighted by Crippen LogP contribution is -1.84. The van der Waals surface area contributed by atoms with Gasteiger partial charge in [0.2, 0.25) is 0 Å². The van der Waals surface area contributed by atoms with Crippen LogP contribution in [0.4, 0.5) is 0 Å². The molecule has 0 bridgehead atoms. The van der Waals surface area contributed by atoms with Crippen molar-refractivity contribution in [3.8, 4) is 0 Å². The highest BCUT2D eigenvalue weighted by molar-refractivity contribution is 7.98. The third-order valence-corrected chi connectivity index (χ3v) is 1.96. The van der Waals surface area contributed by atoms with Gasteiger partial charge in [0.1, 0.15) is 5.82 Å². The normalized spacial score (nSPS) is 10.2. The highest BCUT2D eigenvalue weighted by Crippen LogP contribution is 2.10. The third kappa shape index (κ3) is 1.77. The van der Waals surface area contributed by atoms with Crippen molar-refractivity contribution in [1.82, 2.24) is 9.97 Å². The number of imidazole rings is 1. The first-order chi connectivity index (χ1) is 4.86. The Hall–Kier alpha value is -0.440. The van der Waals surface area contributed by atoms with Gasteiger partial charge < -0.3 is 4.98 Å². The number of nitrogens with one attached hydrogen (secondary N) is 1. The number of aryl methyl sites for hydroxylation is 1. The number of nitrogens with zero attached hydrogens (tertiary/aromatic N) is 1. The molecule has 2 nitrogen and oxygen atoms in total. The van der Waals surface area contributed by atoms with Gasteiger partial charge in [-0.05, 0) is 12.7 Å². The molecule has 1 heterocycles. The van der Waals surface area contributed by atoms with Gasteiger partial charge in [-0.1, -0.05) is 6.92 Å². The lowest BCUT2D eigenvalue weighted by Gasteiger charge is -1.88. The summed E-state index contributed by atoms with van der Waals surface area (Å²) in [6.45, 7) is 2.15. The summed E-state index contributed by atoms with van der Waals surface area (Å²) in [6.07, 6.45) is 6.14. The van der Waals surface area contributed by atoms with Crippen molar-refractivity contribution >= 4 is 11.8 Å². The molecule has 0 spiro atoms. The summed E-state index contributed by atoms with van der Waals surface area (Å²) in [6, 6.07) is 0. The number of aromatic amines is 1. The van der Waals surface area contributed by atoms with Crippen LogP contribution >= 0.6 is 11.8 Å². The van der Waals surface area contributed by atoms with Crippen LogP contribution < -0.4 is 0 Å². The van der Waals surface area contributed by atoms with Gasteiger partial charge >= 0.3 is 0 Å². The van der Waals surface area contributed by atoms with Gasteiger partial charge in [-0.2, -0.15) is 0 Å². The minimum Gasteiger partial charge on any atom is -0.337 e. The van der Waals surface area contributed by atoms with Crippen LogP contribution in [0.25, 0.3) is 0 Å². The van der Waals surface area contributed by atoms with E-state index in [0.29, 0.717) is 0 Å². The molecule has 0 fully saturated rings. The van der Waals surface area contributed by atoms with Gasteiger partial charge in [0, 0.05) is 6.42 Å². The monoisotopic (exact) mass is 156 g/mol. The summed E-state index contributed by atoms with van der Waals surface area (Å²) in [5.41, 5.74) is 0. The quantitative estimate of drug-likeness (QED) is 0.679. The first-order valence-corrected chi connectivity index (χ1v) is 4.67. The van der Waals surface area contributed by atoms with E-state index in [-0.39, 0.29) is 0 Å². The van der Waals surface area contributed by atoms with Crippen molar-refractivity contribution in [3.63, 3.8) is 0 Å². The first kappa shape index (κ1) is 7.66. The Morgan fingerprint density at radius 1 is 1.70 bits per heavy atom. The molecule has 1 N–H and O–H groups in total. The van der Waals surface area contributed by atoms with Crippen molar-refractivity contribution in [2.75, 3.05) is 6.26 Å². The van der Waals surface area contributed by atoms with Gasteiger partial charge in [0.15, 0.2) is 0 Å². The molecule has 1 rings (SSSR count). The minimum absolute atomic E-state index is 1.06. The summed E-state index contributed by atoms with van der Waals surface area (Å²) < 4.78 is 0. The van der Waals surface area contributed by atoms with Gasteiger partial charge in [0.25, 0.3) is 0 Å². The highest BCUT2D eigenvalue weighted by atomic mass is 32.2. The van der Waals surface area contributed by atoms with Crippen LogP contribution in [-0.2, 0) is 6.42 Å². The number of hydrogen-bond acceptors (Lipinski definition) is 2. The molecular weight excluding hydrogens is 144 g/mol. The van der Waals surface area contributed by atoms with E-state index < -0.39 is 0 Å². The Labute approximate surface area is 65.4 Å². The topological polar surface area (TPSA) is 28.7 Å². The highest BCUT2D eigenvalue weighted by Gasteiger charge is 1.95. The lowest BCUT2D eigenvalue weighted by molar-refractivity contribution is 0.849. The van der Waals surface area contributed by atoms with Gasteiger partial charge in [-0.15, -0.1) is 11.8 Å². The van der Waals surface area contributed by atoms with E-state index in [1.165, 1.54) is 0 Å². The molecule has 10 heavy (non-hydrogen) atoms. The summed E-state index contributed by atoms with van der Waals surface area (Å²) in [5, 5.41) is 1.16. The van der Waals surface area contributed by atoms with E-state index >= 15 is 0 Å².